The SMILES string of the molecule is CCCCC1=C2CCC(C(=O)OC)(C(=O)OC)CC=C2COC1=O. The molecule has 0 atom stereocenters. The molecule has 0 saturated carbocycles. The van der Waals surface area contributed by atoms with Crippen molar-refractivity contribution in [3.63, 3.8) is 0 Å². The molecule has 6 nitrogen and oxygen atoms in total. The van der Waals surface area contributed by atoms with Crippen molar-refractivity contribution in [1.29, 1.82) is 0 Å². The Morgan fingerprint density at radius 2 is 1.92 bits per heavy atom. The second kappa shape index (κ2) is 7.64. The Hall–Kier alpha value is -2.11. The summed E-state index contributed by atoms with van der Waals surface area (Å²) in [5.74, 6) is -1.50. The van der Waals surface area contributed by atoms with E-state index >= 15 is 0 Å². The van der Waals surface area contributed by atoms with Crippen LogP contribution in [0.5, 0.6) is 0 Å². The Labute approximate surface area is 141 Å². The van der Waals surface area contributed by atoms with Crippen LogP contribution in [0.3, 0.4) is 0 Å². The van der Waals surface area contributed by atoms with E-state index in [1.807, 2.05) is 6.08 Å². The van der Waals surface area contributed by atoms with Crippen molar-refractivity contribution in [1.82, 2.24) is 0 Å². The molecule has 0 radical (unpaired) electrons. The summed E-state index contributed by atoms with van der Waals surface area (Å²) in [4.78, 5) is 36.7. The van der Waals surface area contributed by atoms with Crippen LogP contribution in [-0.2, 0) is 28.6 Å². The average Bonchev–Trinajstić information content (AvgIpc) is 2.80. The minimum absolute atomic E-state index is 0.183. The molecule has 0 N–H and O–H groups in total. The van der Waals surface area contributed by atoms with Gasteiger partial charge >= 0.3 is 17.9 Å². The van der Waals surface area contributed by atoms with Crippen molar-refractivity contribution < 1.29 is 28.6 Å². The molecule has 0 aromatic heterocycles. The lowest BCUT2D eigenvalue weighted by molar-refractivity contribution is -0.169. The van der Waals surface area contributed by atoms with Gasteiger partial charge in [0.2, 0.25) is 0 Å². The van der Waals surface area contributed by atoms with Crippen LogP contribution in [0, 0.1) is 5.41 Å². The number of esters is 3. The van der Waals surface area contributed by atoms with Gasteiger partial charge in [0.05, 0.1) is 14.2 Å². The molecule has 1 aliphatic carbocycles. The van der Waals surface area contributed by atoms with Crippen LogP contribution in [0.4, 0.5) is 0 Å². The third kappa shape index (κ3) is 3.23. The molecule has 1 heterocycles. The van der Waals surface area contributed by atoms with Gasteiger partial charge in [0.15, 0.2) is 5.41 Å². The quantitative estimate of drug-likeness (QED) is 0.436. The summed E-state index contributed by atoms with van der Waals surface area (Å²) < 4.78 is 15.0. The molecule has 0 aromatic rings. The largest absolute Gasteiger partial charge is 0.468 e. The van der Waals surface area contributed by atoms with Crippen LogP contribution >= 0.6 is 0 Å². The van der Waals surface area contributed by atoms with Crippen molar-refractivity contribution in [3.05, 3.63) is 22.8 Å². The van der Waals surface area contributed by atoms with E-state index in [9.17, 15) is 14.4 Å². The molecular formula is C18H24O6. The van der Waals surface area contributed by atoms with Gasteiger partial charge in [0, 0.05) is 5.57 Å². The molecule has 0 aromatic carbocycles. The Morgan fingerprint density at radius 1 is 1.25 bits per heavy atom. The zero-order chi connectivity index (χ0) is 17.7. The Kier molecular flexibility index (Phi) is 5.80. The Bertz CT molecular complexity index is 583. The predicted octanol–water partition coefficient (Wildman–Crippen LogP) is 2.47. The smallest absolute Gasteiger partial charge is 0.334 e. The fourth-order valence-electron chi connectivity index (χ4n) is 3.32. The van der Waals surface area contributed by atoms with Crippen molar-refractivity contribution in [3.8, 4) is 0 Å². The zero-order valence-corrected chi connectivity index (χ0v) is 14.5. The van der Waals surface area contributed by atoms with Crippen LogP contribution in [0.25, 0.3) is 0 Å². The first-order valence-corrected chi connectivity index (χ1v) is 8.25. The van der Waals surface area contributed by atoms with E-state index in [4.69, 9.17) is 14.2 Å². The molecule has 2 aliphatic rings. The Morgan fingerprint density at radius 3 is 2.50 bits per heavy atom. The molecule has 1 aliphatic heterocycles. The summed E-state index contributed by atoms with van der Waals surface area (Å²) in [6.07, 6.45) is 5.20. The third-order valence-electron chi connectivity index (χ3n) is 4.79. The van der Waals surface area contributed by atoms with Gasteiger partial charge in [0.25, 0.3) is 0 Å². The highest BCUT2D eigenvalue weighted by atomic mass is 16.5. The summed E-state index contributed by atoms with van der Waals surface area (Å²) in [5.41, 5.74) is 1.10. The number of methoxy groups -OCH3 is 2. The Balaban J connectivity index is 2.41. The van der Waals surface area contributed by atoms with Gasteiger partial charge in [-0.1, -0.05) is 19.4 Å². The zero-order valence-electron chi connectivity index (χ0n) is 14.5. The fraction of sp³-hybridized carbons (Fsp3) is 0.611. The van der Waals surface area contributed by atoms with Crippen molar-refractivity contribution >= 4 is 17.9 Å². The minimum Gasteiger partial charge on any atom is -0.468 e. The average molecular weight is 336 g/mol. The van der Waals surface area contributed by atoms with E-state index in [0.29, 0.717) is 18.4 Å². The summed E-state index contributed by atoms with van der Waals surface area (Å²) in [6.45, 7) is 2.24. The number of fused-ring (bicyclic) bond motifs is 1. The standard InChI is InChI=1S/C18H24O6/c1-4-5-6-14-13-8-10-18(16(20)22-2,17(21)23-3)9-7-12(13)11-24-15(14)19/h7H,4-6,8-11H2,1-3H3. The van der Waals surface area contributed by atoms with Gasteiger partial charge in [-0.15, -0.1) is 0 Å². The lowest BCUT2D eigenvalue weighted by Crippen LogP contribution is -2.40. The van der Waals surface area contributed by atoms with Gasteiger partial charge in [0.1, 0.15) is 6.61 Å². The number of allylic oxidation sites excluding steroid dienone is 1. The number of cyclic esters (lactones) is 1. The maximum Gasteiger partial charge on any atom is 0.334 e. The first kappa shape index (κ1) is 18.2. The van der Waals surface area contributed by atoms with Crippen LogP contribution in [0.2, 0.25) is 0 Å². The van der Waals surface area contributed by atoms with Gasteiger partial charge in [-0.3, -0.25) is 9.59 Å². The van der Waals surface area contributed by atoms with Crippen LogP contribution in [0.1, 0.15) is 45.4 Å². The number of carbonyl (C=O) groups is 3. The molecule has 2 rings (SSSR count). The van der Waals surface area contributed by atoms with Crippen LogP contribution in [0.15, 0.2) is 22.8 Å². The maximum atomic E-state index is 12.3. The highest BCUT2D eigenvalue weighted by Gasteiger charge is 2.49. The number of unbranched alkanes of at least 4 members (excludes halogenated alkanes) is 1. The lowest BCUT2D eigenvalue weighted by atomic mass is 9.80. The number of ether oxygens (including phenoxy) is 3. The van der Waals surface area contributed by atoms with E-state index in [2.05, 4.69) is 6.92 Å². The number of rotatable bonds is 5. The predicted molar refractivity (Wildman–Crippen MR) is 85.9 cm³/mol. The summed E-state index contributed by atoms with van der Waals surface area (Å²) in [5, 5.41) is 0. The highest BCUT2D eigenvalue weighted by molar-refractivity contribution is 6.00. The van der Waals surface area contributed by atoms with Gasteiger partial charge in [-0.2, -0.15) is 0 Å². The molecule has 0 saturated heterocycles. The molecule has 0 unspecified atom stereocenters. The molecular weight excluding hydrogens is 312 g/mol. The van der Waals surface area contributed by atoms with E-state index < -0.39 is 17.4 Å². The maximum absolute atomic E-state index is 12.3. The van der Waals surface area contributed by atoms with E-state index in [-0.39, 0.29) is 25.4 Å². The first-order chi connectivity index (χ1) is 11.5. The number of hydrogen-bond donors (Lipinski definition) is 0. The number of carbonyl (C=O) groups excluding carboxylic acids is 3. The van der Waals surface area contributed by atoms with Gasteiger partial charge in [-0.25, -0.2) is 4.79 Å². The molecule has 24 heavy (non-hydrogen) atoms. The molecule has 0 spiro atoms. The number of hydrogen-bond acceptors (Lipinski definition) is 6. The molecule has 0 bridgehead atoms. The van der Waals surface area contributed by atoms with Crippen molar-refractivity contribution in [2.45, 2.75) is 45.4 Å². The van der Waals surface area contributed by atoms with E-state index in [0.717, 1.165) is 24.0 Å². The van der Waals surface area contributed by atoms with Crippen molar-refractivity contribution in [2.24, 2.45) is 5.41 Å². The molecule has 0 fully saturated rings. The van der Waals surface area contributed by atoms with Crippen LogP contribution in [-0.4, -0.2) is 38.7 Å². The third-order valence-corrected chi connectivity index (χ3v) is 4.79. The summed E-state index contributed by atoms with van der Waals surface area (Å²) >= 11 is 0. The normalized spacial score (nSPS) is 19.6. The minimum atomic E-state index is -1.36. The van der Waals surface area contributed by atoms with Gasteiger partial charge < -0.3 is 14.2 Å². The highest BCUT2D eigenvalue weighted by Crippen LogP contribution is 2.41. The molecule has 6 heteroatoms. The van der Waals surface area contributed by atoms with Crippen LogP contribution < -0.4 is 0 Å². The summed E-state index contributed by atoms with van der Waals surface area (Å²) in [6, 6.07) is 0. The van der Waals surface area contributed by atoms with E-state index in [1.165, 1.54) is 14.2 Å². The lowest BCUT2D eigenvalue weighted by Gasteiger charge is -2.26. The monoisotopic (exact) mass is 336 g/mol. The van der Waals surface area contributed by atoms with Crippen molar-refractivity contribution in [2.75, 3.05) is 20.8 Å². The first-order valence-electron chi connectivity index (χ1n) is 8.25. The van der Waals surface area contributed by atoms with E-state index in [1.54, 1.807) is 0 Å². The second-order valence-corrected chi connectivity index (χ2v) is 6.14. The van der Waals surface area contributed by atoms with Gasteiger partial charge in [-0.05, 0) is 43.3 Å². The second-order valence-electron chi connectivity index (χ2n) is 6.14. The summed E-state index contributed by atoms with van der Waals surface area (Å²) in [7, 11) is 2.52. The fourth-order valence-corrected chi connectivity index (χ4v) is 3.32. The topological polar surface area (TPSA) is 78.9 Å². The molecule has 0 amide bonds. The molecule has 132 valence electrons.